The first-order valence-electron chi connectivity index (χ1n) is 9.13. The zero-order chi connectivity index (χ0) is 16.4. The summed E-state index contributed by atoms with van der Waals surface area (Å²) in [5, 5.41) is 4.11. The molecule has 3 heterocycles. The van der Waals surface area contributed by atoms with E-state index in [4.69, 9.17) is 14.0 Å². The van der Waals surface area contributed by atoms with Crippen LogP contribution in [-0.4, -0.2) is 53.4 Å². The molecule has 7 heteroatoms. The van der Waals surface area contributed by atoms with Crippen LogP contribution in [0.2, 0.25) is 0 Å². The van der Waals surface area contributed by atoms with Crippen molar-refractivity contribution in [2.24, 2.45) is 0 Å². The Morgan fingerprint density at radius 3 is 2.96 bits per heavy atom. The summed E-state index contributed by atoms with van der Waals surface area (Å²) in [5.74, 6) is 1.97. The number of hydrogen-bond acceptors (Lipinski definition) is 6. The molecule has 0 bridgehead atoms. The second-order valence-corrected chi connectivity index (χ2v) is 6.97. The Bertz CT molecular complexity index is 566. The maximum Gasteiger partial charge on any atom is 0.229 e. The van der Waals surface area contributed by atoms with Crippen LogP contribution in [0.1, 0.15) is 68.6 Å². The third-order valence-electron chi connectivity index (χ3n) is 5.04. The minimum atomic E-state index is -0.0353. The van der Waals surface area contributed by atoms with Gasteiger partial charge in [0.15, 0.2) is 5.82 Å². The summed E-state index contributed by atoms with van der Waals surface area (Å²) in [5.41, 5.74) is 0. The summed E-state index contributed by atoms with van der Waals surface area (Å²) in [6.45, 7) is 2.63. The number of hydrogen-bond donors (Lipinski definition) is 0. The monoisotopic (exact) mass is 335 g/mol. The molecule has 3 aliphatic rings. The van der Waals surface area contributed by atoms with Crippen molar-refractivity contribution in [3.63, 3.8) is 0 Å². The predicted octanol–water partition coefficient (Wildman–Crippen LogP) is 2.20. The van der Waals surface area contributed by atoms with Gasteiger partial charge in [-0.2, -0.15) is 4.98 Å². The van der Waals surface area contributed by atoms with Crippen LogP contribution in [0, 0.1) is 0 Å². The van der Waals surface area contributed by atoms with Gasteiger partial charge in [0.1, 0.15) is 0 Å². The van der Waals surface area contributed by atoms with Gasteiger partial charge in [-0.05, 0) is 38.5 Å². The first kappa shape index (κ1) is 16.0. The van der Waals surface area contributed by atoms with Crippen molar-refractivity contribution in [1.82, 2.24) is 15.0 Å². The number of amides is 1. The van der Waals surface area contributed by atoms with Crippen molar-refractivity contribution in [1.29, 1.82) is 0 Å². The Morgan fingerprint density at radius 2 is 2.17 bits per heavy atom. The van der Waals surface area contributed by atoms with Gasteiger partial charge in [-0.1, -0.05) is 5.16 Å². The summed E-state index contributed by atoms with van der Waals surface area (Å²) < 4.78 is 16.5. The van der Waals surface area contributed by atoms with E-state index in [0.29, 0.717) is 31.4 Å². The first-order valence-corrected chi connectivity index (χ1v) is 9.13. The lowest BCUT2D eigenvalue weighted by Crippen LogP contribution is -2.32. The standard InChI is InChI=1S/C17H25N3O4/c21-15(7-10-22-11-13-3-2-9-23-13)20-8-1-4-14(20)16-18-17(24-19-16)12-5-6-12/h12-14H,1-11H2/t13-,14+/m0/s1. The highest BCUT2D eigenvalue weighted by molar-refractivity contribution is 5.77. The van der Waals surface area contributed by atoms with Crippen LogP contribution in [-0.2, 0) is 14.3 Å². The first-order chi connectivity index (χ1) is 11.8. The summed E-state index contributed by atoms with van der Waals surface area (Å²) >= 11 is 0. The lowest BCUT2D eigenvalue weighted by Gasteiger charge is -2.22. The number of nitrogens with zero attached hydrogens (tertiary/aromatic N) is 3. The minimum Gasteiger partial charge on any atom is -0.378 e. The van der Waals surface area contributed by atoms with Crippen LogP contribution in [0.5, 0.6) is 0 Å². The third kappa shape index (κ3) is 3.62. The number of rotatable bonds is 7. The van der Waals surface area contributed by atoms with Crippen LogP contribution in [0.3, 0.4) is 0 Å². The van der Waals surface area contributed by atoms with Crippen molar-refractivity contribution in [2.75, 3.05) is 26.4 Å². The van der Waals surface area contributed by atoms with Gasteiger partial charge in [-0.25, -0.2) is 0 Å². The van der Waals surface area contributed by atoms with E-state index in [-0.39, 0.29) is 18.1 Å². The van der Waals surface area contributed by atoms with Crippen molar-refractivity contribution in [2.45, 2.75) is 63.0 Å². The van der Waals surface area contributed by atoms with E-state index in [2.05, 4.69) is 10.1 Å². The highest BCUT2D eigenvalue weighted by Crippen LogP contribution is 2.40. The summed E-state index contributed by atoms with van der Waals surface area (Å²) in [4.78, 5) is 18.9. The number of carbonyl (C=O) groups is 1. The van der Waals surface area contributed by atoms with Crippen molar-refractivity contribution in [3.05, 3.63) is 11.7 Å². The van der Waals surface area contributed by atoms with Gasteiger partial charge in [0, 0.05) is 19.1 Å². The maximum atomic E-state index is 12.5. The molecule has 4 rings (SSSR count). The van der Waals surface area contributed by atoms with Gasteiger partial charge in [-0.3, -0.25) is 4.79 Å². The van der Waals surface area contributed by atoms with Gasteiger partial charge in [-0.15, -0.1) is 0 Å². The van der Waals surface area contributed by atoms with Crippen molar-refractivity contribution in [3.8, 4) is 0 Å². The molecule has 1 aromatic rings. The molecular weight excluding hydrogens is 310 g/mol. The van der Waals surface area contributed by atoms with E-state index < -0.39 is 0 Å². The quantitative estimate of drug-likeness (QED) is 0.711. The number of aromatic nitrogens is 2. The Balaban J connectivity index is 1.26. The second-order valence-electron chi connectivity index (χ2n) is 6.97. The highest BCUT2D eigenvalue weighted by atomic mass is 16.5. The smallest absolute Gasteiger partial charge is 0.229 e. The molecule has 2 saturated heterocycles. The molecule has 2 atom stereocenters. The average molecular weight is 335 g/mol. The normalized spacial score (nSPS) is 27.1. The fourth-order valence-electron chi connectivity index (χ4n) is 3.51. The summed E-state index contributed by atoms with van der Waals surface area (Å²) in [6.07, 6.45) is 6.94. The molecule has 132 valence electrons. The van der Waals surface area contributed by atoms with Crippen molar-refractivity contribution < 1.29 is 18.8 Å². The second kappa shape index (κ2) is 7.19. The Labute approximate surface area is 141 Å². The molecule has 1 aromatic heterocycles. The lowest BCUT2D eigenvalue weighted by molar-refractivity contribution is -0.133. The number of ether oxygens (including phenoxy) is 2. The van der Waals surface area contributed by atoms with E-state index in [1.54, 1.807) is 0 Å². The number of carbonyl (C=O) groups excluding carboxylic acids is 1. The SMILES string of the molecule is O=C(CCOC[C@@H]1CCCO1)N1CCC[C@@H]1c1noc(C2CC2)n1. The molecule has 1 saturated carbocycles. The topological polar surface area (TPSA) is 77.7 Å². The van der Waals surface area contributed by atoms with Gasteiger partial charge in [0.2, 0.25) is 11.8 Å². The Kier molecular flexibility index (Phi) is 4.80. The largest absolute Gasteiger partial charge is 0.378 e. The zero-order valence-corrected chi connectivity index (χ0v) is 14.0. The molecule has 0 aromatic carbocycles. The third-order valence-corrected chi connectivity index (χ3v) is 5.04. The molecule has 1 aliphatic carbocycles. The average Bonchev–Trinajstić information content (AvgIpc) is 3.03. The van der Waals surface area contributed by atoms with Gasteiger partial charge in [0.05, 0.1) is 31.8 Å². The molecule has 3 fully saturated rings. The van der Waals surface area contributed by atoms with E-state index in [1.807, 2.05) is 4.90 Å². The van der Waals surface area contributed by atoms with Gasteiger partial charge in [0.25, 0.3) is 0 Å². The highest BCUT2D eigenvalue weighted by Gasteiger charge is 2.35. The molecule has 1 amide bonds. The van der Waals surface area contributed by atoms with Crippen LogP contribution in [0.15, 0.2) is 4.52 Å². The Morgan fingerprint density at radius 1 is 1.25 bits per heavy atom. The van der Waals surface area contributed by atoms with E-state index in [0.717, 1.165) is 57.6 Å². The molecule has 0 N–H and O–H groups in total. The molecule has 0 radical (unpaired) electrons. The molecule has 0 unspecified atom stereocenters. The zero-order valence-electron chi connectivity index (χ0n) is 14.0. The Hall–Kier alpha value is -1.47. The van der Waals surface area contributed by atoms with Crippen LogP contribution >= 0.6 is 0 Å². The molecule has 24 heavy (non-hydrogen) atoms. The molecule has 0 spiro atoms. The molecule has 2 aliphatic heterocycles. The van der Waals surface area contributed by atoms with Gasteiger partial charge >= 0.3 is 0 Å². The van der Waals surface area contributed by atoms with E-state index in [1.165, 1.54) is 0 Å². The van der Waals surface area contributed by atoms with Crippen LogP contribution < -0.4 is 0 Å². The van der Waals surface area contributed by atoms with E-state index >= 15 is 0 Å². The van der Waals surface area contributed by atoms with Crippen LogP contribution in [0.4, 0.5) is 0 Å². The summed E-state index contributed by atoms with van der Waals surface area (Å²) in [6, 6.07) is -0.0353. The fourth-order valence-corrected chi connectivity index (χ4v) is 3.51. The lowest BCUT2D eigenvalue weighted by atomic mass is 10.2. The molecular formula is C17H25N3O4. The maximum absolute atomic E-state index is 12.5. The van der Waals surface area contributed by atoms with E-state index in [9.17, 15) is 4.79 Å². The van der Waals surface area contributed by atoms with Crippen LogP contribution in [0.25, 0.3) is 0 Å². The predicted molar refractivity (Wildman–Crippen MR) is 84.4 cm³/mol. The number of likely N-dealkylation sites (tertiary alicyclic amines) is 1. The van der Waals surface area contributed by atoms with Gasteiger partial charge < -0.3 is 18.9 Å². The fraction of sp³-hybridized carbons (Fsp3) is 0.824. The minimum absolute atomic E-state index is 0.0353. The molecule has 7 nitrogen and oxygen atoms in total. The van der Waals surface area contributed by atoms with Crippen molar-refractivity contribution >= 4 is 5.91 Å². The summed E-state index contributed by atoms with van der Waals surface area (Å²) in [7, 11) is 0.